The van der Waals surface area contributed by atoms with Gasteiger partial charge in [0.15, 0.2) is 23.3 Å². The summed E-state index contributed by atoms with van der Waals surface area (Å²) in [7, 11) is 0. The molecule has 0 bridgehead atoms. The van der Waals surface area contributed by atoms with Crippen LogP contribution in [0.15, 0.2) is 0 Å². The monoisotopic (exact) mass is 215 g/mol. The number of nitrogen functional groups attached to an aromatic ring is 1. The van der Waals surface area contributed by atoms with Crippen molar-refractivity contribution >= 4 is 18.1 Å². The van der Waals surface area contributed by atoms with Gasteiger partial charge < -0.3 is 5.73 Å². The van der Waals surface area contributed by atoms with E-state index in [4.69, 9.17) is 5.73 Å². The Morgan fingerprint density at radius 3 is 1.46 bits per heavy atom. The Kier molecular flexibility index (Phi) is 3.54. The van der Waals surface area contributed by atoms with E-state index in [1.165, 1.54) is 0 Å². The third kappa shape index (κ3) is 1.70. The number of anilines is 1. The van der Waals surface area contributed by atoms with Crippen LogP contribution in [-0.4, -0.2) is 0 Å². The maximum absolute atomic E-state index is 12.6. The van der Waals surface area contributed by atoms with Gasteiger partial charge in [0.05, 0.1) is 0 Å². The zero-order chi connectivity index (χ0) is 9.46. The zero-order valence-corrected chi connectivity index (χ0v) is 7.31. The van der Waals surface area contributed by atoms with Crippen molar-refractivity contribution in [3.63, 3.8) is 0 Å². The van der Waals surface area contributed by atoms with E-state index in [-0.39, 0.29) is 12.4 Å². The highest BCUT2D eigenvalue weighted by Crippen LogP contribution is 2.24. The lowest BCUT2D eigenvalue weighted by Gasteiger charge is -2.04. The Morgan fingerprint density at radius 2 is 1.15 bits per heavy atom. The first kappa shape index (κ1) is 12.0. The summed E-state index contributed by atoms with van der Waals surface area (Å²) in [4.78, 5) is 0. The topological polar surface area (TPSA) is 26.0 Å². The summed E-state index contributed by atoms with van der Waals surface area (Å²) in [5, 5.41) is 0. The standard InChI is InChI=1S/C7H5F4N.ClH/c1-2-3(8)5(10)7(12)6(11)4(2)9;/h12H2,1H3;1H. The molecule has 0 radical (unpaired) electrons. The van der Waals surface area contributed by atoms with Gasteiger partial charge in [0.25, 0.3) is 0 Å². The van der Waals surface area contributed by atoms with Crippen LogP contribution in [0.1, 0.15) is 5.56 Å². The van der Waals surface area contributed by atoms with Gasteiger partial charge in [0.2, 0.25) is 0 Å². The molecule has 1 rings (SSSR count). The smallest absolute Gasteiger partial charge is 0.185 e. The van der Waals surface area contributed by atoms with Gasteiger partial charge in [-0.1, -0.05) is 0 Å². The molecule has 0 spiro atoms. The molecule has 0 aliphatic carbocycles. The van der Waals surface area contributed by atoms with Gasteiger partial charge >= 0.3 is 0 Å². The Hall–Kier alpha value is -0.970. The predicted molar refractivity (Wildman–Crippen MR) is 42.7 cm³/mol. The molecule has 1 nitrogen and oxygen atoms in total. The van der Waals surface area contributed by atoms with Gasteiger partial charge in [-0.3, -0.25) is 0 Å². The van der Waals surface area contributed by atoms with Crippen LogP contribution in [-0.2, 0) is 0 Å². The number of hydrogen-bond donors (Lipinski definition) is 1. The van der Waals surface area contributed by atoms with Gasteiger partial charge in [0.1, 0.15) is 5.69 Å². The molecular weight excluding hydrogens is 210 g/mol. The minimum Gasteiger partial charge on any atom is -0.394 e. The number of hydrogen-bond acceptors (Lipinski definition) is 1. The number of halogens is 5. The van der Waals surface area contributed by atoms with Crippen molar-refractivity contribution in [2.75, 3.05) is 5.73 Å². The first-order chi connectivity index (χ1) is 5.46. The van der Waals surface area contributed by atoms with Gasteiger partial charge in [-0.25, -0.2) is 17.6 Å². The fourth-order valence-corrected chi connectivity index (χ4v) is 0.758. The summed E-state index contributed by atoms with van der Waals surface area (Å²) >= 11 is 0. The number of rotatable bonds is 0. The molecule has 0 atom stereocenters. The molecule has 1 aromatic carbocycles. The lowest BCUT2D eigenvalue weighted by Crippen LogP contribution is -2.05. The van der Waals surface area contributed by atoms with E-state index in [9.17, 15) is 17.6 Å². The summed E-state index contributed by atoms with van der Waals surface area (Å²) in [6, 6.07) is 0. The second-order valence-electron chi connectivity index (χ2n) is 2.29. The second kappa shape index (κ2) is 3.83. The Balaban J connectivity index is 0.00000144. The highest BCUT2D eigenvalue weighted by molar-refractivity contribution is 5.85. The van der Waals surface area contributed by atoms with Crippen LogP contribution in [0.25, 0.3) is 0 Å². The van der Waals surface area contributed by atoms with Crippen LogP contribution in [0.5, 0.6) is 0 Å². The zero-order valence-electron chi connectivity index (χ0n) is 6.50. The fraction of sp³-hybridized carbons (Fsp3) is 0.143. The SMILES string of the molecule is Cc1c(F)c(F)c(N)c(F)c1F.Cl. The van der Waals surface area contributed by atoms with Gasteiger partial charge in [-0.05, 0) is 6.92 Å². The average Bonchev–Trinajstić information content (AvgIpc) is 2.08. The molecule has 0 aliphatic rings. The Morgan fingerprint density at radius 1 is 0.846 bits per heavy atom. The molecule has 0 saturated carbocycles. The van der Waals surface area contributed by atoms with Crippen molar-refractivity contribution in [3.05, 3.63) is 28.8 Å². The molecule has 13 heavy (non-hydrogen) atoms. The molecule has 0 aromatic heterocycles. The van der Waals surface area contributed by atoms with Crippen LogP contribution >= 0.6 is 12.4 Å². The minimum absolute atomic E-state index is 0. The van der Waals surface area contributed by atoms with E-state index < -0.39 is 34.5 Å². The molecule has 0 unspecified atom stereocenters. The Labute approximate surface area is 78.0 Å². The first-order valence-electron chi connectivity index (χ1n) is 3.04. The van der Waals surface area contributed by atoms with Crippen LogP contribution < -0.4 is 5.73 Å². The summed E-state index contributed by atoms with van der Waals surface area (Å²) in [5.41, 5.74) is 2.88. The summed E-state index contributed by atoms with van der Waals surface area (Å²) in [6.45, 7) is 0.927. The molecule has 2 N–H and O–H groups in total. The molecule has 6 heteroatoms. The van der Waals surface area contributed by atoms with Crippen LogP contribution in [0, 0.1) is 30.2 Å². The highest BCUT2D eigenvalue weighted by Gasteiger charge is 2.20. The van der Waals surface area contributed by atoms with Crippen LogP contribution in [0.3, 0.4) is 0 Å². The lowest BCUT2D eigenvalue weighted by molar-refractivity contribution is 0.451. The third-order valence-corrected chi connectivity index (χ3v) is 1.52. The molecule has 0 heterocycles. The maximum atomic E-state index is 12.6. The first-order valence-corrected chi connectivity index (χ1v) is 3.04. The minimum atomic E-state index is -1.55. The Bertz CT molecular complexity index is 235. The van der Waals surface area contributed by atoms with Crippen molar-refractivity contribution in [1.29, 1.82) is 0 Å². The van der Waals surface area contributed by atoms with Crippen LogP contribution in [0.2, 0.25) is 0 Å². The van der Waals surface area contributed by atoms with Crippen molar-refractivity contribution < 1.29 is 17.6 Å². The quantitative estimate of drug-likeness (QED) is 0.402. The summed E-state index contributed by atoms with van der Waals surface area (Å²) in [5.74, 6) is -6.00. The fourth-order valence-electron chi connectivity index (χ4n) is 0.758. The molecule has 0 saturated heterocycles. The third-order valence-electron chi connectivity index (χ3n) is 1.52. The molecular formula is C7H6ClF4N. The summed E-state index contributed by atoms with van der Waals surface area (Å²) in [6.07, 6.45) is 0. The lowest BCUT2D eigenvalue weighted by atomic mass is 10.2. The number of benzene rings is 1. The van der Waals surface area contributed by atoms with E-state index in [1.54, 1.807) is 0 Å². The maximum Gasteiger partial charge on any atom is 0.185 e. The second-order valence-corrected chi connectivity index (χ2v) is 2.29. The van der Waals surface area contributed by atoms with E-state index in [0.717, 1.165) is 6.92 Å². The van der Waals surface area contributed by atoms with Gasteiger partial charge in [-0.15, -0.1) is 12.4 Å². The van der Waals surface area contributed by atoms with Crippen molar-refractivity contribution in [3.8, 4) is 0 Å². The molecule has 1 aromatic rings. The van der Waals surface area contributed by atoms with E-state index >= 15 is 0 Å². The summed E-state index contributed by atoms with van der Waals surface area (Å²) < 4.78 is 50.2. The molecule has 0 fully saturated rings. The predicted octanol–water partition coefficient (Wildman–Crippen LogP) is 2.56. The van der Waals surface area contributed by atoms with Crippen LogP contribution in [0.4, 0.5) is 23.2 Å². The van der Waals surface area contributed by atoms with Crippen molar-refractivity contribution in [2.45, 2.75) is 6.92 Å². The highest BCUT2D eigenvalue weighted by atomic mass is 35.5. The van der Waals surface area contributed by atoms with E-state index in [0.29, 0.717) is 0 Å². The largest absolute Gasteiger partial charge is 0.394 e. The van der Waals surface area contributed by atoms with Crippen molar-refractivity contribution in [1.82, 2.24) is 0 Å². The molecule has 0 aliphatic heterocycles. The number of nitrogens with two attached hydrogens (primary N) is 1. The molecule has 0 amide bonds. The normalized spacial score (nSPS) is 9.62. The molecule has 74 valence electrons. The van der Waals surface area contributed by atoms with Gasteiger partial charge in [0, 0.05) is 5.56 Å². The van der Waals surface area contributed by atoms with Crippen molar-refractivity contribution in [2.24, 2.45) is 0 Å². The van der Waals surface area contributed by atoms with E-state index in [2.05, 4.69) is 0 Å². The van der Waals surface area contributed by atoms with Gasteiger partial charge in [-0.2, -0.15) is 0 Å². The van der Waals surface area contributed by atoms with E-state index in [1.807, 2.05) is 0 Å². The average molecular weight is 216 g/mol.